The Labute approximate surface area is 119 Å². The van der Waals surface area contributed by atoms with Gasteiger partial charge in [-0.1, -0.05) is 0 Å². The quantitative estimate of drug-likeness (QED) is 0.893. The minimum atomic E-state index is -0.742. The fraction of sp³-hybridized carbons (Fsp3) is 0.600. The number of ether oxygens (including phenoxy) is 1. The van der Waals surface area contributed by atoms with Crippen LogP contribution in [0.3, 0.4) is 0 Å². The predicted octanol–water partition coefficient (Wildman–Crippen LogP) is 1.08. The molecule has 1 amide bonds. The summed E-state index contributed by atoms with van der Waals surface area (Å²) in [5.41, 5.74) is 6.70. The Bertz CT molecular complexity index is 467. The molecule has 2 heterocycles. The Kier molecular flexibility index (Phi) is 3.72. The van der Waals surface area contributed by atoms with Crippen LogP contribution in [0.2, 0.25) is 0 Å². The standard InChI is InChI=1S/C15H21N3O2/c16-15(5-9-20-10-6-15)14(19)18(13-1-2-13)11-12-3-7-17-8-4-12/h3-4,7-8,13H,1-2,5-6,9-11,16H2. The molecular formula is C15H21N3O2. The maximum Gasteiger partial charge on any atom is 0.243 e. The third-order valence-electron chi connectivity index (χ3n) is 4.16. The van der Waals surface area contributed by atoms with Gasteiger partial charge in [0.15, 0.2) is 0 Å². The van der Waals surface area contributed by atoms with Crippen LogP contribution >= 0.6 is 0 Å². The van der Waals surface area contributed by atoms with Crippen LogP contribution in [0.25, 0.3) is 0 Å². The summed E-state index contributed by atoms with van der Waals surface area (Å²) in [5, 5.41) is 0. The van der Waals surface area contributed by atoms with Crippen LogP contribution in [0.1, 0.15) is 31.2 Å². The molecule has 1 aliphatic carbocycles. The Balaban J connectivity index is 1.75. The molecule has 0 bridgehead atoms. The molecule has 2 fully saturated rings. The number of nitrogens with two attached hydrogens (primary N) is 1. The fourth-order valence-corrected chi connectivity index (χ4v) is 2.67. The zero-order valence-corrected chi connectivity index (χ0v) is 11.6. The van der Waals surface area contributed by atoms with Crippen molar-refractivity contribution in [3.63, 3.8) is 0 Å². The van der Waals surface area contributed by atoms with Gasteiger partial charge >= 0.3 is 0 Å². The normalized spacial score (nSPS) is 21.4. The molecule has 3 rings (SSSR count). The number of rotatable bonds is 4. The third-order valence-corrected chi connectivity index (χ3v) is 4.16. The van der Waals surface area contributed by atoms with E-state index in [1.54, 1.807) is 12.4 Å². The molecule has 5 heteroatoms. The second kappa shape index (κ2) is 5.50. The van der Waals surface area contributed by atoms with Gasteiger partial charge in [-0.05, 0) is 43.4 Å². The van der Waals surface area contributed by atoms with E-state index in [9.17, 15) is 4.79 Å². The van der Waals surface area contributed by atoms with E-state index in [2.05, 4.69) is 4.98 Å². The number of hydrogen-bond acceptors (Lipinski definition) is 4. The molecule has 1 aromatic rings. The lowest BCUT2D eigenvalue weighted by molar-refractivity contribution is -0.141. The summed E-state index contributed by atoms with van der Waals surface area (Å²) in [7, 11) is 0. The van der Waals surface area contributed by atoms with Crippen LogP contribution in [0.4, 0.5) is 0 Å². The largest absolute Gasteiger partial charge is 0.381 e. The first-order valence-corrected chi connectivity index (χ1v) is 7.26. The molecule has 0 aromatic carbocycles. The van der Waals surface area contributed by atoms with Gasteiger partial charge in [-0.2, -0.15) is 0 Å². The molecule has 0 unspecified atom stereocenters. The SMILES string of the molecule is NC1(C(=O)N(Cc2ccncc2)C2CC2)CCOCC1. The Morgan fingerprint density at radius 3 is 2.60 bits per heavy atom. The smallest absolute Gasteiger partial charge is 0.243 e. The summed E-state index contributed by atoms with van der Waals surface area (Å²) in [6, 6.07) is 4.27. The average Bonchev–Trinajstić information content (AvgIpc) is 3.30. The highest BCUT2D eigenvalue weighted by Crippen LogP contribution is 2.32. The van der Waals surface area contributed by atoms with Gasteiger partial charge in [0, 0.05) is 38.2 Å². The van der Waals surface area contributed by atoms with Crippen LogP contribution in [0.5, 0.6) is 0 Å². The van der Waals surface area contributed by atoms with Gasteiger partial charge in [-0.3, -0.25) is 9.78 Å². The number of amides is 1. The molecule has 1 aliphatic heterocycles. The van der Waals surface area contributed by atoms with Crippen molar-refractivity contribution in [2.24, 2.45) is 5.73 Å². The third kappa shape index (κ3) is 2.83. The molecule has 1 aromatic heterocycles. The van der Waals surface area contributed by atoms with E-state index in [1.165, 1.54) is 0 Å². The van der Waals surface area contributed by atoms with E-state index in [0.29, 0.717) is 38.6 Å². The van der Waals surface area contributed by atoms with Gasteiger partial charge in [-0.25, -0.2) is 0 Å². The number of carbonyl (C=O) groups excluding carboxylic acids is 1. The van der Waals surface area contributed by atoms with Gasteiger partial charge in [0.2, 0.25) is 5.91 Å². The molecule has 0 spiro atoms. The van der Waals surface area contributed by atoms with E-state index in [-0.39, 0.29) is 5.91 Å². The number of carbonyl (C=O) groups is 1. The minimum Gasteiger partial charge on any atom is -0.381 e. The summed E-state index contributed by atoms with van der Waals surface area (Å²) in [5.74, 6) is 0.0834. The van der Waals surface area contributed by atoms with Crippen LogP contribution in [-0.4, -0.2) is 40.6 Å². The molecule has 1 saturated carbocycles. The first kappa shape index (κ1) is 13.5. The van der Waals surface area contributed by atoms with Gasteiger partial charge in [0.1, 0.15) is 0 Å². The highest BCUT2D eigenvalue weighted by molar-refractivity contribution is 5.86. The van der Waals surface area contributed by atoms with Crippen molar-refractivity contribution in [2.45, 2.75) is 43.8 Å². The summed E-state index contributed by atoms with van der Waals surface area (Å²) in [4.78, 5) is 18.8. The minimum absolute atomic E-state index is 0.0834. The maximum absolute atomic E-state index is 12.8. The van der Waals surface area contributed by atoms with Crippen molar-refractivity contribution >= 4 is 5.91 Å². The van der Waals surface area contributed by atoms with Gasteiger partial charge in [-0.15, -0.1) is 0 Å². The summed E-state index contributed by atoms with van der Waals surface area (Å²) in [6.45, 7) is 1.79. The van der Waals surface area contributed by atoms with E-state index in [0.717, 1.165) is 18.4 Å². The van der Waals surface area contributed by atoms with Crippen molar-refractivity contribution in [1.29, 1.82) is 0 Å². The predicted molar refractivity (Wildman–Crippen MR) is 74.8 cm³/mol. The first-order valence-electron chi connectivity index (χ1n) is 7.26. The van der Waals surface area contributed by atoms with E-state index >= 15 is 0 Å². The number of pyridine rings is 1. The molecule has 20 heavy (non-hydrogen) atoms. The monoisotopic (exact) mass is 275 g/mol. The van der Waals surface area contributed by atoms with Gasteiger partial charge in [0.25, 0.3) is 0 Å². The molecule has 0 atom stereocenters. The lowest BCUT2D eigenvalue weighted by Gasteiger charge is -2.37. The lowest BCUT2D eigenvalue weighted by Crippen LogP contribution is -2.58. The van der Waals surface area contributed by atoms with Crippen molar-refractivity contribution in [3.8, 4) is 0 Å². The maximum atomic E-state index is 12.8. The van der Waals surface area contributed by atoms with E-state index in [4.69, 9.17) is 10.5 Å². The highest BCUT2D eigenvalue weighted by atomic mass is 16.5. The zero-order chi connectivity index (χ0) is 14.0. The van der Waals surface area contributed by atoms with E-state index < -0.39 is 5.54 Å². The lowest BCUT2D eigenvalue weighted by atomic mass is 9.89. The fourth-order valence-electron chi connectivity index (χ4n) is 2.67. The van der Waals surface area contributed by atoms with Crippen molar-refractivity contribution in [2.75, 3.05) is 13.2 Å². The molecule has 5 nitrogen and oxygen atoms in total. The highest BCUT2D eigenvalue weighted by Gasteiger charge is 2.43. The van der Waals surface area contributed by atoms with Crippen molar-refractivity contribution < 1.29 is 9.53 Å². The second-order valence-electron chi connectivity index (χ2n) is 5.79. The summed E-state index contributed by atoms with van der Waals surface area (Å²) in [6.07, 6.45) is 6.93. The van der Waals surface area contributed by atoms with Gasteiger partial charge in [0.05, 0.1) is 5.54 Å². The number of nitrogens with zero attached hydrogens (tertiary/aromatic N) is 2. The molecule has 1 saturated heterocycles. The first-order chi connectivity index (χ1) is 9.69. The molecule has 0 radical (unpaired) electrons. The Morgan fingerprint density at radius 2 is 2.00 bits per heavy atom. The molecular weight excluding hydrogens is 254 g/mol. The van der Waals surface area contributed by atoms with Gasteiger partial charge < -0.3 is 15.4 Å². The summed E-state index contributed by atoms with van der Waals surface area (Å²) < 4.78 is 5.33. The molecule has 2 aliphatic rings. The van der Waals surface area contributed by atoms with Crippen molar-refractivity contribution in [1.82, 2.24) is 9.88 Å². The number of aromatic nitrogens is 1. The molecule has 2 N–H and O–H groups in total. The average molecular weight is 275 g/mol. The zero-order valence-electron chi connectivity index (χ0n) is 11.6. The van der Waals surface area contributed by atoms with Crippen LogP contribution < -0.4 is 5.73 Å². The van der Waals surface area contributed by atoms with Crippen molar-refractivity contribution in [3.05, 3.63) is 30.1 Å². The Morgan fingerprint density at radius 1 is 1.35 bits per heavy atom. The Hall–Kier alpha value is -1.46. The van der Waals surface area contributed by atoms with E-state index in [1.807, 2.05) is 17.0 Å². The molecule has 108 valence electrons. The summed E-state index contributed by atoms with van der Waals surface area (Å²) >= 11 is 0. The van der Waals surface area contributed by atoms with Crippen LogP contribution in [0, 0.1) is 0 Å². The topological polar surface area (TPSA) is 68.5 Å². The van der Waals surface area contributed by atoms with Crippen LogP contribution in [-0.2, 0) is 16.1 Å². The van der Waals surface area contributed by atoms with Crippen LogP contribution in [0.15, 0.2) is 24.5 Å². The second-order valence-corrected chi connectivity index (χ2v) is 5.79. The number of hydrogen-bond donors (Lipinski definition) is 1.